The fraction of sp³-hybridized carbons (Fsp3) is 0.263. The van der Waals surface area contributed by atoms with Gasteiger partial charge >= 0.3 is 5.97 Å². The van der Waals surface area contributed by atoms with Gasteiger partial charge in [-0.05, 0) is 41.3 Å². The summed E-state index contributed by atoms with van der Waals surface area (Å²) in [5.74, 6) is -0.834. The molecule has 2 rings (SSSR count). The van der Waals surface area contributed by atoms with Crippen molar-refractivity contribution in [3.05, 3.63) is 70.8 Å². The largest absolute Gasteiger partial charge is 0.478 e. The number of nitrogens with two attached hydrogens (primary N) is 1. The molecule has 0 bridgehead atoms. The molecule has 1 amide bonds. The van der Waals surface area contributed by atoms with E-state index in [1.165, 1.54) is 29.8 Å². The summed E-state index contributed by atoms with van der Waals surface area (Å²) in [5, 5.41) is 11.6. The molecule has 0 fully saturated rings. The zero-order valence-corrected chi connectivity index (χ0v) is 13.8. The second-order valence-corrected chi connectivity index (χ2v) is 6.02. The summed E-state index contributed by atoms with van der Waals surface area (Å²) in [6.07, 6.45) is 0. The topological polar surface area (TPSA) is 92.4 Å². The molecule has 5 heteroatoms. The fourth-order valence-electron chi connectivity index (χ4n) is 2.31. The van der Waals surface area contributed by atoms with E-state index in [4.69, 9.17) is 10.8 Å². The third-order valence-electron chi connectivity index (χ3n) is 3.91. The number of nitrogens with one attached hydrogen (secondary N) is 1. The molecule has 0 aromatic heterocycles. The van der Waals surface area contributed by atoms with E-state index >= 15 is 0 Å². The van der Waals surface area contributed by atoms with Crippen LogP contribution in [0.5, 0.6) is 0 Å². The summed E-state index contributed by atoms with van der Waals surface area (Å²) in [7, 11) is 0. The normalized spacial score (nSPS) is 12.0. The molecule has 0 aliphatic carbocycles. The van der Waals surface area contributed by atoms with Crippen LogP contribution in [0.15, 0.2) is 48.5 Å². The molecule has 126 valence electrons. The highest BCUT2D eigenvalue weighted by Crippen LogP contribution is 2.17. The molecule has 0 saturated heterocycles. The average molecular weight is 326 g/mol. The van der Waals surface area contributed by atoms with Gasteiger partial charge in [0.2, 0.25) is 0 Å². The maximum absolute atomic E-state index is 12.1. The minimum Gasteiger partial charge on any atom is -0.478 e. The Hall–Kier alpha value is -2.66. The highest BCUT2D eigenvalue weighted by atomic mass is 16.4. The number of carboxylic acids is 1. The van der Waals surface area contributed by atoms with Crippen molar-refractivity contribution in [3.63, 3.8) is 0 Å². The molecule has 2 aromatic carbocycles. The Morgan fingerprint density at radius 2 is 1.46 bits per heavy atom. The molecule has 1 unspecified atom stereocenters. The number of rotatable bonds is 6. The maximum Gasteiger partial charge on any atom is 0.335 e. The lowest BCUT2D eigenvalue weighted by atomic mass is 9.99. The zero-order chi connectivity index (χ0) is 17.7. The third kappa shape index (κ3) is 4.43. The van der Waals surface area contributed by atoms with Gasteiger partial charge < -0.3 is 16.2 Å². The van der Waals surface area contributed by atoms with Gasteiger partial charge in [0.1, 0.15) is 0 Å². The number of carboxylic acid groups (broad SMARTS) is 1. The van der Waals surface area contributed by atoms with Crippen LogP contribution < -0.4 is 11.1 Å². The van der Waals surface area contributed by atoms with Gasteiger partial charge in [-0.2, -0.15) is 0 Å². The molecular weight excluding hydrogens is 304 g/mol. The predicted octanol–water partition coefficient (Wildman–Crippen LogP) is 2.94. The molecule has 0 saturated carbocycles. The zero-order valence-electron chi connectivity index (χ0n) is 13.8. The van der Waals surface area contributed by atoms with Gasteiger partial charge in [0.15, 0.2) is 0 Å². The Balaban J connectivity index is 1.94. The minimum absolute atomic E-state index is 0.147. The van der Waals surface area contributed by atoms with Crippen LogP contribution in [-0.2, 0) is 0 Å². The van der Waals surface area contributed by atoms with Crippen molar-refractivity contribution in [2.45, 2.75) is 25.8 Å². The van der Waals surface area contributed by atoms with Crippen molar-refractivity contribution in [2.75, 3.05) is 6.54 Å². The molecule has 4 N–H and O–H groups in total. The van der Waals surface area contributed by atoms with Crippen LogP contribution in [0.3, 0.4) is 0 Å². The van der Waals surface area contributed by atoms with Crippen LogP contribution >= 0.6 is 0 Å². The molecule has 0 heterocycles. The van der Waals surface area contributed by atoms with Crippen molar-refractivity contribution in [1.29, 1.82) is 0 Å². The number of carbonyl (C=O) groups is 2. The Labute approximate surface area is 141 Å². The number of hydrogen-bond donors (Lipinski definition) is 3. The van der Waals surface area contributed by atoms with E-state index in [2.05, 4.69) is 19.2 Å². The monoisotopic (exact) mass is 326 g/mol. The summed E-state index contributed by atoms with van der Waals surface area (Å²) in [5.41, 5.74) is 8.87. The van der Waals surface area contributed by atoms with Crippen molar-refractivity contribution in [2.24, 2.45) is 5.73 Å². The summed E-state index contributed by atoms with van der Waals surface area (Å²) >= 11 is 0. The van der Waals surface area contributed by atoms with Crippen LogP contribution in [0.4, 0.5) is 0 Å². The average Bonchev–Trinajstić information content (AvgIpc) is 2.59. The number of hydrogen-bond acceptors (Lipinski definition) is 3. The first-order valence-electron chi connectivity index (χ1n) is 7.85. The molecule has 24 heavy (non-hydrogen) atoms. The molecule has 5 nitrogen and oxygen atoms in total. The molecule has 0 aliphatic rings. The van der Waals surface area contributed by atoms with E-state index in [-0.39, 0.29) is 17.5 Å². The smallest absolute Gasteiger partial charge is 0.335 e. The lowest BCUT2D eigenvalue weighted by molar-refractivity contribution is 0.0696. The molecule has 1 atom stereocenters. The van der Waals surface area contributed by atoms with Crippen LogP contribution in [0.2, 0.25) is 0 Å². The Morgan fingerprint density at radius 1 is 0.958 bits per heavy atom. The highest BCUT2D eigenvalue weighted by Gasteiger charge is 2.11. The number of aromatic carboxylic acids is 1. The van der Waals surface area contributed by atoms with Gasteiger partial charge in [-0.15, -0.1) is 0 Å². The minimum atomic E-state index is -1.02. The van der Waals surface area contributed by atoms with E-state index in [0.29, 0.717) is 18.0 Å². The van der Waals surface area contributed by atoms with Gasteiger partial charge in [-0.1, -0.05) is 38.1 Å². The van der Waals surface area contributed by atoms with Gasteiger partial charge in [0.25, 0.3) is 5.91 Å². The lowest BCUT2D eigenvalue weighted by Gasteiger charge is -2.14. The predicted molar refractivity (Wildman–Crippen MR) is 93.2 cm³/mol. The van der Waals surface area contributed by atoms with Crippen molar-refractivity contribution in [3.8, 4) is 0 Å². The van der Waals surface area contributed by atoms with E-state index in [9.17, 15) is 9.59 Å². The van der Waals surface area contributed by atoms with Gasteiger partial charge in [0, 0.05) is 18.2 Å². The van der Waals surface area contributed by atoms with Crippen molar-refractivity contribution in [1.82, 2.24) is 5.32 Å². The first-order valence-corrected chi connectivity index (χ1v) is 7.85. The van der Waals surface area contributed by atoms with Gasteiger partial charge in [-0.25, -0.2) is 4.79 Å². The SMILES string of the molecule is CC(C)c1ccc(C(N)CNC(=O)c2ccc(C(=O)O)cc2)cc1. The first kappa shape index (κ1) is 17.7. The van der Waals surface area contributed by atoms with E-state index in [0.717, 1.165) is 5.56 Å². The van der Waals surface area contributed by atoms with Crippen LogP contribution in [0, 0.1) is 0 Å². The third-order valence-corrected chi connectivity index (χ3v) is 3.91. The van der Waals surface area contributed by atoms with Crippen molar-refractivity contribution >= 4 is 11.9 Å². The Kier molecular flexibility index (Phi) is 5.71. The second-order valence-electron chi connectivity index (χ2n) is 6.02. The highest BCUT2D eigenvalue weighted by molar-refractivity contribution is 5.95. The van der Waals surface area contributed by atoms with Crippen LogP contribution in [0.25, 0.3) is 0 Å². The van der Waals surface area contributed by atoms with Crippen LogP contribution in [0.1, 0.15) is 57.7 Å². The maximum atomic E-state index is 12.1. The molecule has 2 aromatic rings. The molecule has 0 radical (unpaired) electrons. The standard InChI is InChI=1S/C19H22N2O3/c1-12(2)13-3-5-14(6-4-13)17(20)11-21-18(22)15-7-9-16(10-8-15)19(23)24/h3-10,12,17H,11,20H2,1-2H3,(H,21,22)(H,23,24). The van der Waals surface area contributed by atoms with Gasteiger partial charge in [0.05, 0.1) is 5.56 Å². The number of amides is 1. The van der Waals surface area contributed by atoms with Crippen LogP contribution in [-0.4, -0.2) is 23.5 Å². The number of benzene rings is 2. The summed E-state index contributed by atoms with van der Waals surface area (Å²) in [4.78, 5) is 22.9. The van der Waals surface area contributed by atoms with E-state index < -0.39 is 5.97 Å². The van der Waals surface area contributed by atoms with Crippen molar-refractivity contribution < 1.29 is 14.7 Å². The fourth-order valence-corrected chi connectivity index (χ4v) is 2.31. The number of carbonyl (C=O) groups excluding carboxylic acids is 1. The van der Waals surface area contributed by atoms with E-state index in [1.54, 1.807) is 0 Å². The summed E-state index contributed by atoms with van der Waals surface area (Å²) in [6, 6.07) is 13.5. The molecular formula is C19H22N2O3. The second kappa shape index (κ2) is 7.75. The Morgan fingerprint density at radius 3 is 1.96 bits per heavy atom. The Bertz CT molecular complexity index is 706. The quantitative estimate of drug-likeness (QED) is 0.761. The van der Waals surface area contributed by atoms with Gasteiger partial charge in [-0.3, -0.25) is 4.79 Å². The molecule has 0 aliphatic heterocycles. The first-order chi connectivity index (χ1) is 11.4. The van der Waals surface area contributed by atoms with E-state index in [1.807, 2.05) is 24.3 Å². The molecule has 0 spiro atoms. The summed E-state index contributed by atoms with van der Waals surface area (Å²) < 4.78 is 0. The lowest BCUT2D eigenvalue weighted by Crippen LogP contribution is -2.31. The summed E-state index contributed by atoms with van der Waals surface area (Å²) in [6.45, 7) is 4.57.